The lowest BCUT2D eigenvalue weighted by atomic mass is 9.89. The van der Waals surface area contributed by atoms with Crippen molar-refractivity contribution in [1.82, 2.24) is 15.1 Å². The first-order chi connectivity index (χ1) is 9.42. The summed E-state index contributed by atoms with van der Waals surface area (Å²) in [5, 5.41) is 2.72. The molecule has 0 spiro atoms. The maximum atomic E-state index is 11.9. The van der Waals surface area contributed by atoms with E-state index in [1.165, 1.54) is 0 Å². The SMILES string of the molecule is CNC(=O)C1(C)CCN(CCC(=O)N(C)CCCN)C1. The first kappa shape index (κ1) is 16.9. The van der Waals surface area contributed by atoms with E-state index in [2.05, 4.69) is 10.2 Å². The van der Waals surface area contributed by atoms with Crippen molar-refractivity contribution in [3.63, 3.8) is 0 Å². The lowest BCUT2D eigenvalue weighted by Gasteiger charge is -2.23. The van der Waals surface area contributed by atoms with Gasteiger partial charge in [0.1, 0.15) is 0 Å². The molecule has 1 rings (SSSR count). The molecule has 0 aromatic carbocycles. The fraction of sp³-hybridized carbons (Fsp3) is 0.857. The summed E-state index contributed by atoms with van der Waals surface area (Å²) in [5.74, 6) is 0.235. The largest absolute Gasteiger partial charge is 0.359 e. The highest BCUT2D eigenvalue weighted by atomic mass is 16.2. The van der Waals surface area contributed by atoms with Crippen LogP contribution >= 0.6 is 0 Å². The average molecular weight is 284 g/mol. The maximum absolute atomic E-state index is 11.9. The van der Waals surface area contributed by atoms with Crippen LogP contribution in [0, 0.1) is 5.41 Å². The molecule has 2 amide bonds. The van der Waals surface area contributed by atoms with Crippen molar-refractivity contribution in [3.05, 3.63) is 0 Å². The van der Waals surface area contributed by atoms with Crippen LogP contribution in [0.4, 0.5) is 0 Å². The number of carbonyl (C=O) groups excluding carboxylic acids is 2. The van der Waals surface area contributed by atoms with Gasteiger partial charge in [0.15, 0.2) is 0 Å². The number of nitrogens with two attached hydrogens (primary N) is 1. The number of carbonyl (C=O) groups is 2. The van der Waals surface area contributed by atoms with E-state index in [0.717, 1.165) is 32.5 Å². The summed E-state index contributed by atoms with van der Waals surface area (Å²) in [5.41, 5.74) is 5.12. The van der Waals surface area contributed by atoms with Crippen LogP contribution in [0.15, 0.2) is 0 Å². The van der Waals surface area contributed by atoms with E-state index >= 15 is 0 Å². The number of nitrogens with one attached hydrogen (secondary N) is 1. The Morgan fingerprint density at radius 1 is 1.45 bits per heavy atom. The van der Waals surface area contributed by atoms with Crippen LogP contribution < -0.4 is 11.1 Å². The zero-order valence-corrected chi connectivity index (χ0v) is 12.9. The fourth-order valence-corrected chi connectivity index (χ4v) is 2.63. The van der Waals surface area contributed by atoms with E-state index in [1.54, 1.807) is 11.9 Å². The lowest BCUT2D eigenvalue weighted by molar-refractivity contribution is -0.130. The Balaban J connectivity index is 2.33. The molecular weight excluding hydrogens is 256 g/mol. The van der Waals surface area contributed by atoms with E-state index in [4.69, 9.17) is 5.73 Å². The number of likely N-dealkylation sites (tertiary alicyclic amines) is 1. The third kappa shape index (κ3) is 4.45. The van der Waals surface area contributed by atoms with Crippen LogP contribution in [0.3, 0.4) is 0 Å². The van der Waals surface area contributed by atoms with Crippen LogP contribution in [0.2, 0.25) is 0 Å². The van der Waals surface area contributed by atoms with Crippen molar-refractivity contribution >= 4 is 11.8 Å². The van der Waals surface area contributed by atoms with Crippen molar-refractivity contribution in [2.45, 2.75) is 26.2 Å². The molecule has 6 nitrogen and oxygen atoms in total. The molecule has 1 aliphatic heterocycles. The fourth-order valence-electron chi connectivity index (χ4n) is 2.63. The highest BCUT2D eigenvalue weighted by Crippen LogP contribution is 2.29. The van der Waals surface area contributed by atoms with E-state index in [1.807, 2.05) is 14.0 Å². The molecule has 0 radical (unpaired) electrons. The molecule has 1 atom stereocenters. The molecule has 0 bridgehead atoms. The summed E-state index contributed by atoms with van der Waals surface area (Å²) in [6.07, 6.45) is 2.19. The Bertz CT molecular complexity index is 348. The topological polar surface area (TPSA) is 78.7 Å². The maximum Gasteiger partial charge on any atom is 0.227 e. The van der Waals surface area contributed by atoms with Crippen LogP contribution in [-0.4, -0.2) is 68.4 Å². The van der Waals surface area contributed by atoms with Gasteiger partial charge in [-0.25, -0.2) is 0 Å². The monoisotopic (exact) mass is 284 g/mol. The van der Waals surface area contributed by atoms with Gasteiger partial charge in [-0.1, -0.05) is 0 Å². The van der Waals surface area contributed by atoms with Gasteiger partial charge in [0.05, 0.1) is 5.41 Å². The molecule has 0 aliphatic carbocycles. The standard InChI is InChI=1S/C14H28N4O2/c1-14(13(20)16-2)6-10-18(11-14)9-5-12(19)17(3)8-4-7-15/h4-11,15H2,1-3H3,(H,16,20). The molecule has 1 heterocycles. The molecule has 3 N–H and O–H groups in total. The van der Waals surface area contributed by atoms with Gasteiger partial charge in [-0.3, -0.25) is 9.59 Å². The van der Waals surface area contributed by atoms with Crippen LogP contribution in [0.1, 0.15) is 26.2 Å². The third-order valence-corrected chi connectivity index (χ3v) is 4.09. The summed E-state index contributed by atoms with van der Waals surface area (Å²) in [4.78, 5) is 27.7. The minimum atomic E-state index is -0.316. The third-order valence-electron chi connectivity index (χ3n) is 4.09. The number of hydrogen-bond acceptors (Lipinski definition) is 4. The van der Waals surface area contributed by atoms with E-state index in [-0.39, 0.29) is 17.2 Å². The van der Waals surface area contributed by atoms with Crippen molar-refractivity contribution in [3.8, 4) is 0 Å². The molecule has 20 heavy (non-hydrogen) atoms. The Morgan fingerprint density at radius 3 is 2.75 bits per heavy atom. The molecule has 6 heteroatoms. The zero-order valence-electron chi connectivity index (χ0n) is 12.9. The van der Waals surface area contributed by atoms with Crippen LogP contribution in [0.5, 0.6) is 0 Å². The van der Waals surface area contributed by atoms with Gasteiger partial charge < -0.3 is 20.9 Å². The summed E-state index contributed by atoms with van der Waals surface area (Å²) in [6.45, 7) is 5.63. The minimum absolute atomic E-state index is 0.0893. The molecular formula is C14H28N4O2. The second-order valence-electron chi connectivity index (χ2n) is 5.87. The van der Waals surface area contributed by atoms with Gasteiger partial charge >= 0.3 is 0 Å². The molecule has 1 unspecified atom stereocenters. The van der Waals surface area contributed by atoms with Gasteiger partial charge in [-0.2, -0.15) is 0 Å². The Morgan fingerprint density at radius 2 is 2.15 bits per heavy atom. The number of rotatable bonds is 7. The Labute approximate surface area is 121 Å². The average Bonchev–Trinajstić information content (AvgIpc) is 2.84. The molecule has 116 valence electrons. The normalized spacial score (nSPS) is 22.8. The molecule has 1 fully saturated rings. The molecule has 0 aromatic heterocycles. The molecule has 1 saturated heterocycles. The summed E-state index contributed by atoms with van der Waals surface area (Å²) >= 11 is 0. The lowest BCUT2D eigenvalue weighted by Crippen LogP contribution is -2.39. The van der Waals surface area contributed by atoms with Gasteiger partial charge in [-0.15, -0.1) is 0 Å². The summed E-state index contributed by atoms with van der Waals surface area (Å²) < 4.78 is 0. The quantitative estimate of drug-likeness (QED) is 0.669. The first-order valence-corrected chi connectivity index (χ1v) is 7.31. The van der Waals surface area contributed by atoms with E-state index in [0.29, 0.717) is 19.5 Å². The summed E-state index contributed by atoms with van der Waals surface area (Å²) in [6, 6.07) is 0. The van der Waals surface area contributed by atoms with E-state index < -0.39 is 0 Å². The Kier molecular flexibility index (Phi) is 6.42. The zero-order chi connectivity index (χ0) is 15.2. The second-order valence-corrected chi connectivity index (χ2v) is 5.87. The highest BCUT2D eigenvalue weighted by molar-refractivity contribution is 5.82. The smallest absolute Gasteiger partial charge is 0.227 e. The first-order valence-electron chi connectivity index (χ1n) is 7.31. The predicted octanol–water partition coefficient (Wildman–Crippen LogP) is -0.358. The van der Waals surface area contributed by atoms with Gasteiger partial charge in [-0.05, 0) is 32.9 Å². The van der Waals surface area contributed by atoms with Crippen molar-refractivity contribution in [2.75, 3.05) is 46.8 Å². The summed E-state index contributed by atoms with van der Waals surface area (Å²) in [7, 11) is 3.49. The van der Waals surface area contributed by atoms with Crippen molar-refractivity contribution < 1.29 is 9.59 Å². The molecule has 0 saturated carbocycles. The number of nitrogens with zero attached hydrogens (tertiary/aromatic N) is 2. The Hall–Kier alpha value is -1.14. The van der Waals surface area contributed by atoms with Crippen molar-refractivity contribution in [1.29, 1.82) is 0 Å². The van der Waals surface area contributed by atoms with Crippen LogP contribution in [0.25, 0.3) is 0 Å². The predicted molar refractivity (Wildman–Crippen MR) is 79.2 cm³/mol. The van der Waals surface area contributed by atoms with E-state index in [9.17, 15) is 9.59 Å². The molecule has 0 aromatic rings. The van der Waals surface area contributed by atoms with Gasteiger partial charge in [0.25, 0.3) is 0 Å². The second kappa shape index (κ2) is 7.59. The number of hydrogen-bond donors (Lipinski definition) is 2. The van der Waals surface area contributed by atoms with Gasteiger partial charge in [0.2, 0.25) is 11.8 Å². The van der Waals surface area contributed by atoms with Crippen molar-refractivity contribution in [2.24, 2.45) is 11.1 Å². The van der Waals surface area contributed by atoms with Gasteiger partial charge in [0, 0.05) is 40.2 Å². The highest BCUT2D eigenvalue weighted by Gasteiger charge is 2.39. The number of amides is 2. The van der Waals surface area contributed by atoms with Crippen LogP contribution in [-0.2, 0) is 9.59 Å². The molecule has 1 aliphatic rings. The minimum Gasteiger partial charge on any atom is -0.359 e.